The average molecular weight is 254 g/mol. The maximum absolute atomic E-state index is 6.15. The molecule has 0 saturated heterocycles. The number of rotatable bonds is 2. The summed E-state index contributed by atoms with van der Waals surface area (Å²) in [4.78, 5) is 2.15. The highest BCUT2D eigenvalue weighted by Crippen LogP contribution is 2.32. The Morgan fingerprint density at radius 3 is 2.00 bits per heavy atom. The van der Waals surface area contributed by atoms with Gasteiger partial charge in [-0.1, -0.05) is 6.07 Å². The molecule has 100 valence electrons. The average Bonchev–Trinajstić information content (AvgIpc) is 2.36. The molecule has 2 nitrogen and oxygen atoms in total. The minimum absolute atomic E-state index is 0.823. The van der Waals surface area contributed by atoms with Crippen molar-refractivity contribution in [1.29, 1.82) is 0 Å². The molecule has 2 aromatic carbocycles. The molecule has 2 rings (SSSR count). The number of hydrogen-bond donors (Lipinski definition) is 1. The van der Waals surface area contributed by atoms with Gasteiger partial charge in [0.25, 0.3) is 0 Å². The van der Waals surface area contributed by atoms with Crippen molar-refractivity contribution in [3.8, 4) is 0 Å². The minimum atomic E-state index is 0.823. The van der Waals surface area contributed by atoms with Crippen molar-refractivity contribution >= 4 is 17.1 Å². The van der Waals surface area contributed by atoms with E-state index in [1.165, 1.54) is 22.3 Å². The highest BCUT2D eigenvalue weighted by molar-refractivity contribution is 5.76. The first-order valence-electron chi connectivity index (χ1n) is 6.58. The molecule has 0 aromatic heterocycles. The van der Waals surface area contributed by atoms with Crippen LogP contribution in [0.15, 0.2) is 30.3 Å². The Kier molecular flexibility index (Phi) is 3.52. The van der Waals surface area contributed by atoms with Gasteiger partial charge in [0.2, 0.25) is 0 Å². The Bertz CT molecular complexity index is 615. The molecule has 2 N–H and O–H groups in total. The second-order valence-electron chi connectivity index (χ2n) is 5.32. The van der Waals surface area contributed by atoms with E-state index < -0.39 is 0 Å². The molecule has 0 aliphatic heterocycles. The quantitative estimate of drug-likeness (QED) is 0.811. The Morgan fingerprint density at radius 1 is 0.789 bits per heavy atom. The molecule has 0 heterocycles. The molecule has 0 aliphatic rings. The lowest BCUT2D eigenvalue weighted by atomic mass is 10.1. The lowest BCUT2D eigenvalue weighted by Gasteiger charge is -2.23. The summed E-state index contributed by atoms with van der Waals surface area (Å²) in [6, 6.07) is 10.7. The van der Waals surface area contributed by atoms with Crippen molar-refractivity contribution in [2.75, 3.05) is 17.7 Å². The van der Waals surface area contributed by atoms with Crippen LogP contribution >= 0.6 is 0 Å². The second kappa shape index (κ2) is 4.96. The van der Waals surface area contributed by atoms with Gasteiger partial charge in [-0.05, 0) is 74.2 Å². The van der Waals surface area contributed by atoms with Crippen molar-refractivity contribution in [2.24, 2.45) is 0 Å². The molecule has 19 heavy (non-hydrogen) atoms. The highest BCUT2D eigenvalue weighted by atomic mass is 15.1. The zero-order valence-electron chi connectivity index (χ0n) is 12.4. The zero-order valence-corrected chi connectivity index (χ0v) is 12.4. The minimum Gasteiger partial charge on any atom is -0.397 e. The molecule has 0 saturated carbocycles. The molecule has 0 radical (unpaired) electrons. The number of nitrogen functional groups attached to an aromatic ring is 1. The SMILES string of the molecule is Cc1ccc(N(C)c2cc(C)c(C)cc2N)cc1C. The van der Waals surface area contributed by atoms with Crippen LogP contribution in [0.2, 0.25) is 0 Å². The van der Waals surface area contributed by atoms with E-state index in [0.29, 0.717) is 0 Å². The van der Waals surface area contributed by atoms with E-state index in [-0.39, 0.29) is 0 Å². The standard InChI is InChI=1S/C17H22N2/c1-11-6-7-15(8-12(11)2)19(5)17-10-14(4)13(3)9-16(17)18/h6-10H,18H2,1-5H3. The monoisotopic (exact) mass is 254 g/mol. The Morgan fingerprint density at radius 2 is 1.37 bits per heavy atom. The van der Waals surface area contributed by atoms with Gasteiger partial charge in [0.15, 0.2) is 0 Å². The van der Waals surface area contributed by atoms with Crippen LogP contribution in [0.1, 0.15) is 22.3 Å². The fraction of sp³-hybridized carbons (Fsp3) is 0.294. The predicted molar refractivity (Wildman–Crippen MR) is 84.3 cm³/mol. The number of aryl methyl sites for hydroxylation is 4. The van der Waals surface area contributed by atoms with Crippen LogP contribution in [0.25, 0.3) is 0 Å². The van der Waals surface area contributed by atoms with Crippen LogP contribution in [0.4, 0.5) is 17.1 Å². The fourth-order valence-corrected chi connectivity index (χ4v) is 2.19. The van der Waals surface area contributed by atoms with Crippen LogP contribution in [0.3, 0.4) is 0 Å². The van der Waals surface area contributed by atoms with E-state index in [2.05, 4.69) is 63.9 Å². The van der Waals surface area contributed by atoms with Gasteiger partial charge in [0.1, 0.15) is 0 Å². The summed E-state index contributed by atoms with van der Waals surface area (Å²) >= 11 is 0. The normalized spacial score (nSPS) is 10.6. The van der Waals surface area contributed by atoms with Crippen LogP contribution in [0.5, 0.6) is 0 Å². The first-order valence-corrected chi connectivity index (χ1v) is 6.58. The molecule has 0 spiro atoms. The van der Waals surface area contributed by atoms with Gasteiger partial charge in [-0.15, -0.1) is 0 Å². The summed E-state index contributed by atoms with van der Waals surface area (Å²) in [6.45, 7) is 8.47. The maximum Gasteiger partial charge on any atom is 0.0644 e. The number of nitrogens with two attached hydrogens (primary N) is 1. The molecule has 0 atom stereocenters. The fourth-order valence-electron chi connectivity index (χ4n) is 2.19. The molecule has 2 heteroatoms. The van der Waals surface area contributed by atoms with Gasteiger partial charge in [0.05, 0.1) is 11.4 Å². The molecule has 0 aliphatic carbocycles. The van der Waals surface area contributed by atoms with E-state index >= 15 is 0 Å². The Hall–Kier alpha value is -1.96. The van der Waals surface area contributed by atoms with E-state index in [4.69, 9.17) is 5.73 Å². The topological polar surface area (TPSA) is 29.3 Å². The lowest BCUT2D eigenvalue weighted by molar-refractivity contribution is 1.18. The third kappa shape index (κ3) is 2.58. The Balaban J connectivity index is 2.46. The zero-order chi connectivity index (χ0) is 14.2. The summed E-state index contributed by atoms with van der Waals surface area (Å²) in [7, 11) is 2.06. The van der Waals surface area contributed by atoms with Gasteiger partial charge >= 0.3 is 0 Å². The summed E-state index contributed by atoms with van der Waals surface area (Å²) in [5, 5.41) is 0. The first-order chi connectivity index (χ1) is 8.90. The van der Waals surface area contributed by atoms with Crippen molar-refractivity contribution in [3.05, 3.63) is 52.6 Å². The summed E-state index contributed by atoms with van der Waals surface area (Å²) in [5.41, 5.74) is 14.3. The largest absolute Gasteiger partial charge is 0.397 e. The highest BCUT2D eigenvalue weighted by Gasteiger charge is 2.10. The molecular weight excluding hydrogens is 232 g/mol. The number of nitrogens with zero attached hydrogens (tertiary/aromatic N) is 1. The van der Waals surface area contributed by atoms with Gasteiger partial charge in [-0.25, -0.2) is 0 Å². The van der Waals surface area contributed by atoms with Crippen molar-refractivity contribution in [3.63, 3.8) is 0 Å². The van der Waals surface area contributed by atoms with Gasteiger partial charge < -0.3 is 10.6 Å². The summed E-state index contributed by atoms with van der Waals surface area (Å²) < 4.78 is 0. The van der Waals surface area contributed by atoms with Crippen LogP contribution in [-0.4, -0.2) is 7.05 Å². The molecule has 2 aromatic rings. The van der Waals surface area contributed by atoms with Crippen molar-refractivity contribution in [2.45, 2.75) is 27.7 Å². The van der Waals surface area contributed by atoms with Gasteiger partial charge in [-0.3, -0.25) is 0 Å². The Labute approximate surface area is 115 Å². The number of hydrogen-bond acceptors (Lipinski definition) is 2. The number of benzene rings is 2. The summed E-state index contributed by atoms with van der Waals surface area (Å²) in [6.07, 6.45) is 0. The molecule has 0 unspecified atom stereocenters. The maximum atomic E-state index is 6.15. The van der Waals surface area contributed by atoms with E-state index in [9.17, 15) is 0 Å². The smallest absolute Gasteiger partial charge is 0.0644 e. The van der Waals surface area contributed by atoms with E-state index in [0.717, 1.165) is 17.1 Å². The third-order valence-corrected chi connectivity index (χ3v) is 3.88. The van der Waals surface area contributed by atoms with Crippen LogP contribution in [0, 0.1) is 27.7 Å². The molecule has 0 amide bonds. The van der Waals surface area contributed by atoms with Crippen molar-refractivity contribution < 1.29 is 0 Å². The second-order valence-corrected chi connectivity index (χ2v) is 5.32. The summed E-state index contributed by atoms with van der Waals surface area (Å²) in [5.74, 6) is 0. The molecule has 0 bridgehead atoms. The number of anilines is 3. The van der Waals surface area contributed by atoms with Crippen LogP contribution in [-0.2, 0) is 0 Å². The molecule has 0 fully saturated rings. The molecular formula is C17H22N2. The van der Waals surface area contributed by atoms with Crippen molar-refractivity contribution in [1.82, 2.24) is 0 Å². The van der Waals surface area contributed by atoms with Crippen LogP contribution < -0.4 is 10.6 Å². The van der Waals surface area contributed by atoms with E-state index in [1.807, 2.05) is 6.07 Å². The third-order valence-electron chi connectivity index (χ3n) is 3.88. The first kappa shape index (κ1) is 13.5. The lowest BCUT2D eigenvalue weighted by Crippen LogP contribution is -2.12. The van der Waals surface area contributed by atoms with Gasteiger partial charge in [-0.2, -0.15) is 0 Å². The van der Waals surface area contributed by atoms with Gasteiger partial charge in [0, 0.05) is 12.7 Å². The van der Waals surface area contributed by atoms with E-state index in [1.54, 1.807) is 0 Å². The predicted octanol–water partition coefficient (Wildman–Crippen LogP) is 4.27.